The van der Waals surface area contributed by atoms with Gasteiger partial charge in [0.2, 0.25) is 0 Å². The predicted octanol–water partition coefficient (Wildman–Crippen LogP) is 4.49. The normalized spacial score (nSPS) is 13.3. The number of anilines is 2. The van der Waals surface area contributed by atoms with Gasteiger partial charge in [0.15, 0.2) is 5.76 Å². The molecule has 5 nitrogen and oxygen atoms in total. The number of benzene rings is 1. The van der Waals surface area contributed by atoms with E-state index in [2.05, 4.69) is 11.4 Å². The van der Waals surface area contributed by atoms with Gasteiger partial charge in [0, 0.05) is 6.54 Å². The van der Waals surface area contributed by atoms with Gasteiger partial charge in [0.25, 0.3) is 11.8 Å². The van der Waals surface area contributed by atoms with Crippen LogP contribution >= 0.6 is 11.3 Å². The molecule has 0 unspecified atom stereocenters. The van der Waals surface area contributed by atoms with Gasteiger partial charge in [-0.3, -0.25) is 9.59 Å². The molecule has 0 atom stereocenters. The van der Waals surface area contributed by atoms with E-state index in [9.17, 15) is 9.59 Å². The number of thiophene rings is 1. The molecule has 0 radical (unpaired) electrons. The summed E-state index contributed by atoms with van der Waals surface area (Å²) in [6.45, 7) is 2.75. The standard InChI is InChI=1S/C20H18N2O3S/c1-13-5-2-6-14-7-3-11-22(18(13)14)20(24)16-9-10-17(26-16)21-19(23)15-8-4-12-25-15/h2,4-6,8-10,12H,3,7,11H2,1H3,(H,21,23). The molecular weight excluding hydrogens is 348 g/mol. The molecule has 1 N–H and O–H groups in total. The Morgan fingerprint density at radius 1 is 1.15 bits per heavy atom. The van der Waals surface area contributed by atoms with Gasteiger partial charge in [0.1, 0.15) is 0 Å². The van der Waals surface area contributed by atoms with E-state index in [1.54, 1.807) is 24.3 Å². The minimum absolute atomic E-state index is 0.0243. The molecule has 2 aromatic heterocycles. The minimum atomic E-state index is -0.324. The van der Waals surface area contributed by atoms with E-state index in [0.717, 1.165) is 24.1 Å². The fraction of sp³-hybridized carbons (Fsp3) is 0.200. The lowest BCUT2D eigenvalue weighted by Crippen LogP contribution is -2.35. The summed E-state index contributed by atoms with van der Waals surface area (Å²) in [5.41, 5.74) is 3.35. The Balaban J connectivity index is 1.55. The third-order valence-corrected chi connectivity index (χ3v) is 5.45. The second kappa shape index (κ2) is 6.80. The summed E-state index contributed by atoms with van der Waals surface area (Å²) >= 11 is 1.28. The topological polar surface area (TPSA) is 62.6 Å². The third-order valence-electron chi connectivity index (χ3n) is 4.46. The number of carbonyl (C=O) groups is 2. The van der Waals surface area contributed by atoms with Crippen molar-refractivity contribution in [3.8, 4) is 0 Å². The van der Waals surface area contributed by atoms with Gasteiger partial charge in [-0.1, -0.05) is 18.2 Å². The fourth-order valence-corrected chi connectivity index (χ4v) is 4.13. The van der Waals surface area contributed by atoms with Crippen LogP contribution in [-0.2, 0) is 6.42 Å². The number of rotatable bonds is 3. The van der Waals surface area contributed by atoms with Crippen molar-refractivity contribution in [1.29, 1.82) is 0 Å². The van der Waals surface area contributed by atoms with E-state index in [1.165, 1.54) is 23.2 Å². The highest BCUT2D eigenvalue weighted by molar-refractivity contribution is 7.18. The molecule has 0 fully saturated rings. The van der Waals surface area contributed by atoms with Crippen LogP contribution in [0.1, 0.15) is 37.8 Å². The number of amides is 2. The highest BCUT2D eigenvalue weighted by Crippen LogP contribution is 2.33. The second-order valence-corrected chi connectivity index (χ2v) is 7.32. The van der Waals surface area contributed by atoms with Gasteiger partial charge in [0.05, 0.1) is 21.8 Å². The lowest BCUT2D eigenvalue weighted by atomic mass is 9.98. The average molecular weight is 366 g/mol. The molecule has 0 spiro atoms. The summed E-state index contributed by atoms with van der Waals surface area (Å²) in [5, 5.41) is 3.39. The van der Waals surface area contributed by atoms with Gasteiger partial charge < -0.3 is 14.6 Å². The van der Waals surface area contributed by atoms with Gasteiger partial charge >= 0.3 is 0 Å². The third kappa shape index (κ3) is 3.04. The van der Waals surface area contributed by atoms with Crippen LogP contribution in [0.4, 0.5) is 10.7 Å². The van der Waals surface area contributed by atoms with Gasteiger partial charge in [-0.2, -0.15) is 0 Å². The Labute approximate surface area is 155 Å². The maximum Gasteiger partial charge on any atom is 0.291 e. The molecule has 2 amide bonds. The van der Waals surface area contributed by atoms with Crippen molar-refractivity contribution in [2.45, 2.75) is 19.8 Å². The van der Waals surface area contributed by atoms with Crippen molar-refractivity contribution in [2.24, 2.45) is 0 Å². The van der Waals surface area contributed by atoms with Crippen molar-refractivity contribution in [3.05, 3.63) is 70.5 Å². The van der Waals surface area contributed by atoms with E-state index >= 15 is 0 Å². The summed E-state index contributed by atoms with van der Waals surface area (Å²) in [7, 11) is 0. The van der Waals surface area contributed by atoms with E-state index < -0.39 is 0 Å². The molecule has 1 aliphatic rings. The number of furan rings is 1. The predicted molar refractivity (Wildman–Crippen MR) is 102 cm³/mol. The van der Waals surface area contributed by atoms with E-state index in [4.69, 9.17) is 4.42 Å². The summed E-state index contributed by atoms with van der Waals surface area (Å²) in [5.74, 6) is -0.106. The number of nitrogens with one attached hydrogen (secondary N) is 1. The van der Waals surface area contributed by atoms with Crippen molar-refractivity contribution in [1.82, 2.24) is 0 Å². The summed E-state index contributed by atoms with van der Waals surface area (Å²) in [6.07, 6.45) is 3.40. The maximum absolute atomic E-state index is 13.0. The second-order valence-electron chi connectivity index (χ2n) is 6.24. The molecule has 4 rings (SSSR count). The summed E-state index contributed by atoms with van der Waals surface area (Å²) < 4.78 is 5.09. The van der Waals surface area contributed by atoms with Crippen LogP contribution < -0.4 is 10.2 Å². The Morgan fingerprint density at radius 2 is 2.04 bits per heavy atom. The number of nitrogens with zero attached hydrogens (tertiary/aromatic N) is 1. The average Bonchev–Trinajstić information content (AvgIpc) is 3.33. The number of para-hydroxylation sites is 1. The Hall–Kier alpha value is -2.86. The smallest absolute Gasteiger partial charge is 0.291 e. The van der Waals surface area contributed by atoms with Crippen LogP contribution in [-0.4, -0.2) is 18.4 Å². The van der Waals surface area contributed by atoms with Crippen LogP contribution in [0.5, 0.6) is 0 Å². The van der Waals surface area contributed by atoms with Crippen molar-refractivity contribution < 1.29 is 14.0 Å². The zero-order chi connectivity index (χ0) is 18.1. The van der Waals surface area contributed by atoms with Crippen LogP contribution in [0, 0.1) is 6.92 Å². The number of hydrogen-bond acceptors (Lipinski definition) is 4. The molecule has 132 valence electrons. The van der Waals surface area contributed by atoms with Gasteiger partial charge in [-0.05, 0) is 55.2 Å². The first-order chi connectivity index (χ1) is 12.6. The Morgan fingerprint density at radius 3 is 2.85 bits per heavy atom. The lowest BCUT2D eigenvalue weighted by molar-refractivity contribution is 0.0984. The molecule has 6 heteroatoms. The Kier molecular flexibility index (Phi) is 4.34. The van der Waals surface area contributed by atoms with E-state index in [0.29, 0.717) is 16.4 Å². The number of hydrogen-bond donors (Lipinski definition) is 1. The molecule has 26 heavy (non-hydrogen) atoms. The Bertz CT molecular complexity index is 959. The first kappa shape index (κ1) is 16.6. The van der Waals surface area contributed by atoms with E-state index in [-0.39, 0.29) is 17.6 Å². The molecule has 0 saturated carbocycles. The van der Waals surface area contributed by atoms with Crippen molar-refractivity contribution >= 4 is 33.8 Å². The van der Waals surface area contributed by atoms with Crippen LogP contribution in [0.25, 0.3) is 0 Å². The number of aryl methyl sites for hydroxylation is 2. The van der Waals surface area contributed by atoms with Crippen molar-refractivity contribution in [2.75, 3.05) is 16.8 Å². The quantitative estimate of drug-likeness (QED) is 0.743. The van der Waals surface area contributed by atoms with Gasteiger partial charge in [-0.25, -0.2) is 0 Å². The zero-order valence-electron chi connectivity index (χ0n) is 14.3. The monoisotopic (exact) mass is 366 g/mol. The first-order valence-electron chi connectivity index (χ1n) is 8.48. The molecular formula is C20H18N2O3S. The maximum atomic E-state index is 13.0. The molecule has 0 bridgehead atoms. The van der Waals surface area contributed by atoms with Crippen LogP contribution in [0.2, 0.25) is 0 Å². The zero-order valence-corrected chi connectivity index (χ0v) is 15.1. The molecule has 0 saturated heterocycles. The fourth-order valence-electron chi connectivity index (χ4n) is 3.28. The highest BCUT2D eigenvalue weighted by Gasteiger charge is 2.26. The molecule has 1 aromatic carbocycles. The SMILES string of the molecule is Cc1cccc2c1N(C(=O)c1ccc(NC(=O)c3ccco3)s1)CCC2. The highest BCUT2D eigenvalue weighted by atomic mass is 32.1. The first-order valence-corrected chi connectivity index (χ1v) is 9.30. The molecule has 0 aliphatic carbocycles. The van der Waals surface area contributed by atoms with Crippen LogP contribution in [0.3, 0.4) is 0 Å². The number of carbonyl (C=O) groups excluding carboxylic acids is 2. The molecule has 1 aliphatic heterocycles. The largest absolute Gasteiger partial charge is 0.459 e. The van der Waals surface area contributed by atoms with E-state index in [1.807, 2.05) is 24.0 Å². The number of fused-ring (bicyclic) bond motifs is 1. The molecule has 3 aromatic rings. The van der Waals surface area contributed by atoms with Gasteiger partial charge in [-0.15, -0.1) is 11.3 Å². The van der Waals surface area contributed by atoms with Crippen LogP contribution in [0.15, 0.2) is 53.1 Å². The molecule has 3 heterocycles. The summed E-state index contributed by atoms with van der Waals surface area (Å²) in [4.78, 5) is 27.6. The minimum Gasteiger partial charge on any atom is -0.459 e. The lowest BCUT2D eigenvalue weighted by Gasteiger charge is -2.30. The summed E-state index contributed by atoms with van der Waals surface area (Å²) in [6, 6.07) is 12.9. The van der Waals surface area contributed by atoms with Crippen molar-refractivity contribution in [3.63, 3.8) is 0 Å².